The van der Waals surface area contributed by atoms with Gasteiger partial charge in [-0.25, -0.2) is 4.98 Å². The molecule has 1 aromatic heterocycles. The number of fused-ring (bicyclic) bond motifs is 1. The van der Waals surface area contributed by atoms with Gasteiger partial charge in [0.1, 0.15) is 0 Å². The van der Waals surface area contributed by atoms with Crippen LogP contribution in [0, 0.1) is 0 Å². The lowest BCUT2D eigenvalue weighted by Crippen LogP contribution is -2.20. The summed E-state index contributed by atoms with van der Waals surface area (Å²) in [6.45, 7) is 1.94. The van der Waals surface area contributed by atoms with Crippen LogP contribution in [0.5, 0.6) is 11.5 Å². The average molecular weight is 425 g/mol. The molecule has 0 aliphatic carbocycles. The van der Waals surface area contributed by atoms with Crippen molar-refractivity contribution in [3.8, 4) is 22.9 Å². The van der Waals surface area contributed by atoms with E-state index in [0.717, 1.165) is 11.1 Å². The highest BCUT2D eigenvalue weighted by Crippen LogP contribution is 2.31. The van der Waals surface area contributed by atoms with Crippen LogP contribution in [0.1, 0.15) is 12.5 Å². The monoisotopic (exact) mass is 425 g/mol. The SMILES string of the molecule is COc1ccc(-c2nc3ccccc3c(=O)n2N=CC(C)=Cc2ccccc2)cc1OC. The van der Waals surface area contributed by atoms with E-state index >= 15 is 0 Å². The molecule has 0 aliphatic rings. The Balaban J connectivity index is 1.87. The number of allylic oxidation sites excluding steroid dienone is 1. The highest BCUT2D eigenvalue weighted by Gasteiger charge is 2.14. The van der Waals surface area contributed by atoms with Crippen LogP contribution >= 0.6 is 0 Å². The second kappa shape index (κ2) is 9.31. The molecule has 0 N–H and O–H groups in total. The van der Waals surface area contributed by atoms with Crippen LogP contribution < -0.4 is 15.0 Å². The Kier molecular flexibility index (Phi) is 6.12. The molecular weight excluding hydrogens is 402 g/mol. The molecular formula is C26H23N3O3. The van der Waals surface area contributed by atoms with Crippen LogP contribution in [0.3, 0.4) is 0 Å². The Morgan fingerprint density at radius 2 is 1.66 bits per heavy atom. The Morgan fingerprint density at radius 3 is 2.41 bits per heavy atom. The molecule has 0 spiro atoms. The Hall–Kier alpha value is -4.19. The van der Waals surface area contributed by atoms with Crippen LogP contribution in [-0.2, 0) is 0 Å². The van der Waals surface area contributed by atoms with E-state index < -0.39 is 0 Å². The molecule has 4 rings (SSSR count). The number of hydrogen-bond acceptors (Lipinski definition) is 5. The summed E-state index contributed by atoms with van der Waals surface area (Å²) in [5.41, 5.74) is 3.00. The first-order valence-corrected chi connectivity index (χ1v) is 10.1. The molecule has 4 aromatic rings. The molecule has 0 fully saturated rings. The van der Waals surface area contributed by atoms with E-state index in [1.165, 1.54) is 4.68 Å². The van der Waals surface area contributed by atoms with E-state index in [9.17, 15) is 4.79 Å². The van der Waals surface area contributed by atoms with Gasteiger partial charge in [-0.1, -0.05) is 48.5 Å². The standard InChI is InChI=1S/C26H23N3O3/c1-18(15-19-9-5-4-6-10-19)17-27-29-25(20-13-14-23(31-2)24(16-20)32-3)28-22-12-8-7-11-21(22)26(29)30/h4-17H,1-3H3. The smallest absolute Gasteiger partial charge is 0.282 e. The molecule has 160 valence electrons. The fourth-order valence-electron chi connectivity index (χ4n) is 3.39. The summed E-state index contributed by atoms with van der Waals surface area (Å²) in [7, 11) is 3.15. The van der Waals surface area contributed by atoms with Crippen LogP contribution in [0.25, 0.3) is 28.4 Å². The zero-order valence-electron chi connectivity index (χ0n) is 18.1. The largest absolute Gasteiger partial charge is 0.493 e. The van der Waals surface area contributed by atoms with Gasteiger partial charge in [0, 0.05) is 5.56 Å². The minimum Gasteiger partial charge on any atom is -0.493 e. The molecule has 0 radical (unpaired) electrons. The van der Waals surface area contributed by atoms with E-state index in [-0.39, 0.29) is 5.56 Å². The fraction of sp³-hybridized carbons (Fsp3) is 0.115. The third kappa shape index (κ3) is 4.30. The summed E-state index contributed by atoms with van der Waals surface area (Å²) in [5, 5.41) is 5.00. The quantitative estimate of drug-likeness (QED) is 0.407. The molecule has 3 aromatic carbocycles. The van der Waals surface area contributed by atoms with Crippen molar-refractivity contribution in [3.63, 3.8) is 0 Å². The van der Waals surface area contributed by atoms with E-state index in [1.54, 1.807) is 38.6 Å². The maximum Gasteiger partial charge on any atom is 0.282 e. The van der Waals surface area contributed by atoms with Gasteiger partial charge in [-0.3, -0.25) is 4.79 Å². The summed E-state index contributed by atoms with van der Waals surface area (Å²) in [4.78, 5) is 18.0. The predicted octanol–water partition coefficient (Wildman–Crippen LogP) is 5.02. The summed E-state index contributed by atoms with van der Waals surface area (Å²) >= 11 is 0. The number of benzene rings is 3. The number of aromatic nitrogens is 2. The lowest BCUT2D eigenvalue weighted by Gasteiger charge is -2.12. The molecule has 0 amide bonds. The number of ether oxygens (including phenoxy) is 2. The third-order valence-electron chi connectivity index (χ3n) is 4.97. The minimum atomic E-state index is -0.246. The Morgan fingerprint density at radius 1 is 0.938 bits per heavy atom. The van der Waals surface area contributed by atoms with E-state index in [0.29, 0.717) is 33.8 Å². The van der Waals surface area contributed by atoms with Crippen LogP contribution in [0.15, 0.2) is 88.3 Å². The van der Waals surface area contributed by atoms with Gasteiger partial charge in [-0.05, 0) is 48.4 Å². The van der Waals surface area contributed by atoms with Crippen molar-refractivity contribution >= 4 is 23.2 Å². The Bertz CT molecular complexity index is 1370. The molecule has 6 heteroatoms. The van der Waals surface area contributed by atoms with Gasteiger partial charge < -0.3 is 9.47 Å². The van der Waals surface area contributed by atoms with Crippen LogP contribution in [-0.4, -0.2) is 30.1 Å². The van der Waals surface area contributed by atoms with Gasteiger partial charge in [0.15, 0.2) is 17.3 Å². The van der Waals surface area contributed by atoms with Gasteiger partial charge in [-0.15, -0.1) is 0 Å². The van der Waals surface area contributed by atoms with Gasteiger partial charge in [0.05, 0.1) is 31.3 Å². The van der Waals surface area contributed by atoms with Crippen molar-refractivity contribution in [1.82, 2.24) is 9.66 Å². The second-order valence-corrected chi connectivity index (χ2v) is 7.18. The van der Waals surface area contributed by atoms with Gasteiger partial charge in [0.2, 0.25) is 0 Å². The maximum absolute atomic E-state index is 13.3. The Labute approximate surface area is 186 Å². The predicted molar refractivity (Wildman–Crippen MR) is 129 cm³/mol. The van der Waals surface area contributed by atoms with E-state index in [2.05, 4.69) is 5.10 Å². The van der Waals surface area contributed by atoms with E-state index in [1.807, 2.05) is 67.6 Å². The highest BCUT2D eigenvalue weighted by atomic mass is 16.5. The fourth-order valence-corrected chi connectivity index (χ4v) is 3.39. The molecule has 0 unspecified atom stereocenters. The highest BCUT2D eigenvalue weighted by molar-refractivity contribution is 5.85. The first kappa shape index (κ1) is 21.1. The van der Waals surface area contributed by atoms with Gasteiger partial charge in [-0.2, -0.15) is 9.78 Å². The first-order valence-electron chi connectivity index (χ1n) is 10.1. The van der Waals surface area contributed by atoms with Crippen molar-refractivity contribution < 1.29 is 9.47 Å². The number of nitrogens with zero attached hydrogens (tertiary/aromatic N) is 3. The van der Waals surface area contributed by atoms with E-state index in [4.69, 9.17) is 14.5 Å². The third-order valence-corrected chi connectivity index (χ3v) is 4.97. The van der Waals surface area contributed by atoms with Crippen LogP contribution in [0.2, 0.25) is 0 Å². The molecule has 32 heavy (non-hydrogen) atoms. The minimum absolute atomic E-state index is 0.246. The average Bonchev–Trinajstić information content (AvgIpc) is 2.83. The second-order valence-electron chi connectivity index (χ2n) is 7.18. The molecule has 0 bridgehead atoms. The van der Waals surface area contributed by atoms with Gasteiger partial charge in [0.25, 0.3) is 5.56 Å². The summed E-state index contributed by atoms with van der Waals surface area (Å²) in [5.74, 6) is 1.55. The molecule has 0 saturated heterocycles. The first-order chi connectivity index (χ1) is 15.6. The zero-order valence-corrected chi connectivity index (χ0v) is 18.1. The number of methoxy groups -OCH3 is 2. The normalized spacial score (nSPS) is 11.8. The molecule has 0 aliphatic heterocycles. The zero-order chi connectivity index (χ0) is 22.5. The number of hydrogen-bond donors (Lipinski definition) is 0. The van der Waals surface area contributed by atoms with Crippen molar-refractivity contribution in [2.24, 2.45) is 5.10 Å². The summed E-state index contributed by atoms with van der Waals surface area (Å²) in [6, 6.07) is 22.6. The number of para-hydroxylation sites is 1. The molecule has 0 atom stereocenters. The number of rotatable bonds is 6. The summed E-state index contributed by atoms with van der Waals surface area (Å²) < 4.78 is 12.1. The molecule has 0 saturated carbocycles. The lowest BCUT2D eigenvalue weighted by atomic mass is 10.1. The van der Waals surface area contributed by atoms with Gasteiger partial charge >= 0.3 is 0 Å². The molecule has 1 heterocycles. The van der Waals surface area contributed by atoms with Crippen molar-refractivity contribution in [3.05, 3.63) is 94.3 Å². The van der Waals surface area contributed by atoms with Crippen LogP contribution in [0.4, 0.5) is 0 Å². The van der Waals surface area contributed by atoms with Crippen molar-refractivity contribution in [2.75, 3.05) is 14.2 Å². The summed E-state index contributed by atoms with van der Waals surface area (Å²) in [6.07, 6.45) is 3.66. The maximum atomic E-state index is 13.3. The van der Waals surface area contributed by atoms with Crippen molar-refractivity contribution in [2.45, 2.75) is 6.92 Å². The van der Waals surface area contributed by atoms with Crippen molar-refractivity contribution in [1.29, 1.82) is 0 Å². The lowest BCUT2D eigenvalue weighted by molar-refractivity contribution is 0.355. The molecule has 6 nitrogen and oxygen atoms in total. The topological polar surface area (TPSA) is 65.7 Å².